The van der Waals surface area contributed by atoms with Gasteiger partial charge in [0.1, 0.15) is 0 Å². The van der Waals surface area contributed by atoms with Crippen molar-refractivity contribution in [1.29, 1.82) is 0 Å². The van der Waals surface area contributed by atoms with Gasteiger partial charge in [-0.15, -0.1) is 12.4 Å². The normalized spacial score (nSPS) is 17.5. The molecule has 23 heavy (non-hydrogen) atoms. The first kappa shape index (κ1) is 19.5. The highest BCUT2D eigenvalue weighted by Gasteiger charge is 2.30. The van der Waals surface area contributed by atoms with E-state index in [1.165, 1.54) is 7.11 Å². The maximum Gasteiger partial charge on any atom is 0.310 e. The van der Waals surface area contributed by atoms with Crippen LogP contribution in [0.5, 0.6) is 0 Å². The van der Waals surface area contributed by atoms with Crippen molar-refractivity contribution in [3.8, 4) is 0 Å². The second-order valence-corrected chi connectivity index (χ2v) is 5.73. The summed E-state index contributed by atoms with van der Waals surface area (Å²) in [7, 11) is 1.37. The van der Waals surface area contributed by atoms with Crippen molar-refractivity contribution in [2.24, 2.45) is 11.8 Å². The summed E-state index contributed by atoms with van der Waals surface area (Å²) in [5, 5.41) is 6.30. The van der Waals surface area contributed by atoms with Gasteiger partial charge in [-0.3, -0.25) is 9.59 Å². The molecule has 1 amide bonds. The fourth-order valence-electron chi connectivity index (χ4n) is 2.83. The van der Waals surface area contributed by atoms with Crippen molar-refractivity contribution >= 4 is 24.3 Å². The minimum absolute atomic E-state index is 0. The van der Waals surface area contributed by atoms with E-state index in [1.54, 1.807) is 6.92 Å². The zero-order chi connectivity index (χ0) is 15.9. The van der Waals surface area contributed by atoms with Crippen LogP contribution < -0.4 is 10.6 Å². The first-order chi connectivity index (χ1) is 10.6. The molecular formula is C17H25ClN2O3. The van der Waals surface area contributed by atoms with E-state index in [0.717, 1.165) is 31.5 Å². The first-order valence-electron chi connectivity index (χ1n) is 7.77. The zero-order valence-corrected chi connectivity index (χ0v) is 14.4. The van der Waals surface area contributed by atoms with Crippen molar-refractivity contribution in [3.05, 3.63) is 35.9 Å². The second-order valence-electron chi connectivity index (χ2n) is 5.73. The van der Waals surface area contributed by atoms with Crippen LogP contribution in [0.25, 0.3) is 0 Å². The van der Waals surface area contributed by atoms with E-state index in [9.17, 15) is 9.59 Å². The molecule has 2 rings (SSSR count). The Hall–Kier alpha value is -1.59. The van der Waals surface area contributed by atoms with Crippen molar-refractivity contribution in [1.82, 2.24) is 10.6 Å². The van der Waals surface area contributed by atoms with Gasteiger partial charge in [0.2, 0.25) is 5.91 Å². The molecule has 0 aliphatic carbocycles. The first-order valence-corrected chi connectivity index (χ1v) is 7.77. The van der Waals surface area contributed by atoms with E-state index < -0.39 is 5.92 Å². The van der Waals surface area contributed by atoms with E-state index in [2.05, 4.69) is 10.6 Å². The number of carbonyl (C=O) groups excluding carboxylic acids is 2. The van der Waals surface area contributed by atoms with Gasteiger partial charge in [0.25, 0.3) is 0 Å². The number of halogens is 1. The molecule has 6 heteroatoms. The van der Waals surface area contributed by atoms with Crippen LogP contribution in [-0.2, 0) is 14.3 Å². The number of benzene rings is 1. The molecule has 1 saturated heterocycles. The Bertz CT molecular complexity index is 504. The zero-order valence-electron chi connectivity index (χ0n) is 13.6. The third-order valence-corrected chi connectivity index (χ3v) is 4.24. The molecule has 128 valence electrons. The average molecular weight is 341 g/mol. The molecule has 2 atom stereocenters. The predicted molar refractivity (Wildman–Crippen MR) is 91.3 cm³/mol. The highest BCUT2D eigenvalue weighted by molar-refractivity contribution is 5.85. The molecule has 1 aliphatic heterocycles. The van der Waals surface area contributed by atoms with Crippen LogP contribution in [0.1, 0.15) is 31.4 Å². The standard InChI is InChI=1S/C17H24N2O3.ClH/c1-12(17(21)22-2)15(13-6-4-3-5-7-13)19-16(20)14-8-10-18-11-9-14;/h3-7,12,14-15,18H,8-11H2,1-2H3,(H,19,20);1H. The molecule has 0 radical (unpaired) electrons. The second kappa shape index (κ2) is 9.53. The minimum Gasteiger partial charge on any atom is -0.469 e. The van der Waals surface area contributed by atoms with Crippen LogP contribution in [0.2, 0.25) is 0 Å². The molecule has 1 heterocycles. The lowest BCUT2D eigenvalue weighted by Gasteiger charge is -2.28. The van der Waals surface area contributed by atoms with Crippen molar-refractivity contribution in [3.63, 3.8) is 0 Å². The van der Waals surface area contributed by atoms with Crippen molar-refractivity contribution in [2.45, 2.75) is 25.8 Å². The highest BCUT2D eigenvalue weighted by atomic mass is 35.5. The summed E-state index contributed by atoms with van der Waals surface area (Å²) in [6.45, 7) is 3.51. The Morgan fingerprint density at radius 2 is 1.83 bits per heavy atom. The number of hydrogen-bond donors (Lipinski definition) is 2. The van der Waals surface area contributed by atoms with Crippen LogP contribution in [0, 0.1) is 11.8 Å². The summed E-state index contributed by atoms with van der Waals surface area (Å²) in [6, 6.07) is 9.21. The number of carbonyl (C=O) groups is 2. The Balaban J connectivity index is 0.00000264. The lowest BCUT2D eigenvalue weighted by Crippen LogP contribution is -2.42. The number of amides is 1. The third kappa shape index (κ3) is 5.22. The monoisotopic (exact) mass is 340 g/mol. The lowest BCUT2D eigenvalue weighted by atomic mass is 9.92. The molecule has 1 fully saturated rings. The molecule has 0 bridgehead atoms. The molecule has 1 aromatic carbocycles. The number of rotatable bonds is 5. The van der Waals surface area contributed by atoms with Crippen molar-refractivity contribution in [2.75, 3.05) is 20.2 Å². The number of esters is 1. The summed E-state index contributed by atoms with van der Waals surface area (Å²) in [4.78, 5) is 24.4. The largest absolute Gasteiger partial charge is 0.469 e. The van der Waals surface area contributed by atoms with Crippen LogP contribution in [0.4, 0.5) is 0 Å². The van der Waals surface area contributed by atoms with Gasteiger partial charge in [0.15, 0.2) is 0 Å². The van der Waals surface area contributed by atoms with Gasteiger partial charge >= 0.3 is 5.97 Å². The number of piperidine rings is 1. The van der Waals surface area contributed by atoms with Gasteiger partial charge < -0.3 is 15.4 Å². The van der Waals surface area contributed by atoms with Crippen molar-refractivity contribution < 1.29 is 14.3 Å². The van der Waals surface area contributed by atoms with E-state index in [0.29, 0.717) is 0 Å². The number of nitrogens with one attached hydrogen (secondary N) is 2. The molecule has 0 spiro atoms. The minimum atomic E-state index is -0.432. The lowest BCUT2D eigenvalue weighted by molar-refractivity contribution is -0.146. The molecule has 2 unspecified atom stereocenters. The quantitative estimate of drug-likeness (QED) is 0.805. The molecule has 0 aromatic heterocycles. The Kier molecular flexibility index (Phi) is 8.06. The van der Waals surface area contributed by atoms with E-state index >= 15 is 0 Å². The van der Waals surface area contributed by atoms with Gasteiger partial charge in [-0.1, -0.05) is 30.3 Å². The van der Waals surface area contributed by atoms with Crippen LogP contribution in [0.3, 0.4) is 0 Å². The van der Waals surface area contributed by atoms with Gasteiger partial charge in [0, 0.05) is 5.92 Å². The summed E-state index contributed by atoms with van der Waals surface area (Å²) >= 11 is 0. The van der Waals surface area contributed by atoms with Gasteiger partial charge in [0.05, 0.1) is 19.1 Å². The fraction of sp³-hybridized carbons (Fsp3) is 0.529. The average Bonchev–Trinajstić information content (AvgIpc) is 2.59. The number of hydrogen-bond acceptors (Lipinski definition) is 4. The maximum atomic E-state index is 12.5. The van der Waals surface area contributed by atoms with Gasteiger partial charge in [-0.25, -0.2) is 0 Å². The SMILES string of the molecule is COC(=O)C(C)C(NC(=O)C1CCNCC1)c1ccccc1.Cl. The highest BCUT2D eigenvalue weighted by Crippen LogP contribution is 2.24. The molecule has 2 N–H and O–H groups in total. The van der Waals surface area contributed by atoms with Gasteiger partial charge in [-0.2, -0.15) is 0 Å². The van der Waals surface area contributed by atoms with Gasteiger partial charge in [-0.05, 0) is 38.4 Å². The number of methoxy groups -OCH3 is 1. The van der Waals surface area contributed by atoms with E-state index in [-0.39, 0.29) is 36.2 Å². The summed E-state index contributed by atoms with van der Waals surface area (Å²) in [5.41, 5.74) is 0.919. The molecule has 5 nitrogen and oxygen atoms in total. The van der Waals surface area contributed by atoms with Crippen LogP contribution in [0.15, 0.2) is 30.3 Å². The van der Waals surface area contributed by atoms with Crippen LogP contribution in [-0.4, -0.2) is 32.1 Å². The van der Waals surface area contributed by atoms with Crippen LogP contribution >= 0.6 is 12.4 Å². The predicted octanol–water partition coefficient (Wildman–Crippen LogP) is 2.07. The van der Waals surface area contributed by atoms with E-state index in [4.69, 9.17) is 4.74 Å². The summed E-state index contributed by atoms with van der Waals surface area (Å²) in [6.07, 6.45) is 1.67. The Morgan fingerprint density at radius 3 is 2.39 bits per heavy atom. The molecular weight excluding hydrogens is 316 g/mol. The fourth-order valence-corrected chi connectivity index (χ4v) is 2.83. The topological polar surface area (TPSA) is 67.4 Å². The summed E-state index contributed by atoms with van der Waals surface area (Å²) in [5.74, 6) is -0.721. The Morgan fingerprint density at radius 1 is 1.22 bits per heavy atom. The molecule has 1 aromatic rings. The molecule has 0 saturated carbocycles. The third-order valence-electron chi connectivity index (χ3n) is 4.24. The molecule has 1 aliphatic rings. The smallest absolute Gasteiger partial charge is 0.310 e. The number of ether oxygens (including phenoxy) is 1. The van der Waals surface area contributed by atoms with E-state index in [1.807, 2.05) is 30.3 Å². The Labute approximate surface area is 143 Å². The summed E-state index contributed by atoms with van der Waals surface area (Å²) < 4.78 is 4.84. The maximum absolute atomic E-state index is 12.5.